The van der Waals surface area contributed by atoms with Crippen LogP contribution in [0.1, 0.15) is 37.4 Å². The molecule has 3 atom stereocenters. The molecule has 1 heterocycles. The maximum atomic E-state index is 12.8. The average Bonchev–Trinajstić information content (AvgIpc) is 3.04. The zero-order valence-corrected chi connectivity index (χ0v) is 17.5. The molecule has 0 spiro atoms. The highest BCUT2D eigenvalue weighted by atomic mass is 35.5. The van der Waals surface area contributed by atoms with Gasteiger partial charge in [0, 0.05) is 13.1 Å². The van der Waals surface area contributed by atoms with Gasteiger partial charge >= 0.3 is 6.18 Å². The molecular formula is C18H28Cl2F3N3O2. The van der Waals surface area contributed by atoms with E-state index >= 15 is 0 Å². The van der Waals surface area contributed by atoms with Crippen LogP contribution in [0.15, 0.2) is 24.3 Å². The summed E-state index contributed by atoms with van der Waals surface area (Å²) >= 11 is 0. The van der Waals surface area contributed by atoms with Crippen LogP contribution in [0.4, 0.5) is 13.2 Å². The summed E-state index contributed by atoms with van der Waals surface area (Å²) in [5.41, 5.74) is 0.0362. The quantitative estimate of drug-likeness (QED) is 0.603. The average molecular weight is 446 g/mol. The summed E-state index contributed by atoms with van der Waals surface area (Å²) in [6.07, 6.45) is -4.53. The van der Waals surface area contributed by atoms with E-state index in [-0.39, 0.29) is 36.8 Å². The molecule has 0 aliphatic carbocycles. The second-order valence-electron chi connectivity index (χ2n) is 6.45. The Bertz CT molecular complexity index is 599. The molecule has 10 heteroatoms. The van der Waals surface area contributed by atoms with Crippen LogP contribution in [0.2, 0.25) is 0 Å². The number of benzene rings is 1. The Hall–Kier alpha value is -1.06. The molecular weight excluding hydrogens is 418 g/mol. The molecule has 5 nitrogen and oxygen atoms in total. The zero-order chi connectivity index (χ0) is 19.3. The topological polar surface area (TPSA) is 64.6 Å². The lowest BCUT2D eigenvalue weighted by atomic mass is 10.0. The van der Waals surface area contributed by atoms with Crippen molar-refractivity contribution in [3.63, 3.8) is 0 Å². The first-order valence-electron chi connectivity index (χ1n) is 8.86. The van der Waals surface area contributed by atoms with Gasteiger partial charge in [-0.25, -0.2) is 0 Å². The number of nitrogens with one attached hydrogen (secondary N) is 2. The molecule has 1 amide bonds. The number of carbonyl (C=O) groups is 1. The first-order valence-corrected chi connectivity index (χ1v) is 8.86. The van der Waals surface area contributed by atoms with Crippen LogP contribution in [-0.4, -0.2) is 54.2 Å². The van der Waals surface area contributed by atoms with Crippen molar-refractivity contribution in [1.82, 2.24) is 15.5 Å². The number of halogens is 5. The van der Waals surface area contributed by atoms with E-state index in [1.54, 1.807) is 0 Å². The fourth-order valence-corrected chi connectivity index (χ4v) is 3.25. The molecule has 0 aromatic heterocycles. The fourth-order valence-electron chi connectivity index (χ4n) is 3.25. The van der Waals surface area contributed by atoms with Crippen LogP contribution >= 0.6 is 24.8 Å². The number of hydrogen-bond donors (Lipinski definition) is 3. The summed E-state index contributed by atoms with van der Waals surface area (Å²) in [5, 5.41) is 15.3. The molecule has 2 rings (SSSR count). The number of aliphatic hydroxyl groups excluding tert-OH is 1. The van der Waals surface area contributed by atoms with Gasteiger partial charge in [0.15, 0.2) is 0 Å². The van der Waals surface area contributed by atoms with Crippen molar-refractivity contribution in [2.24, 2.45) is 0 Å². The molecule has 3 unspecified atom stereocenters. The van der Waals surface area contributed by atoms with Crippen molar-refractivity contribution in [3.05, 3.63) is 35.4 Å². The summed E-state index contributed by atoms with van der Waals surface area (Å²) in [6.45, 7) is 6.03. The Morgan fingerprint density at radius 1 is 1.25 bits per heavy atom. The minimum Gasteiger partial charge on any atom is -0.392 e. The van der Waals surface area contributed by atoms with Crippen molar-refractivity contribution in [1.29, 1.82) is 0 Å². The maximum Gasteiger partial charge on any atom is 0.416 e. The van der Waals surface area contributed by atoms with E-state index in [0.29, 0.717) is 32.6 Å². The van der Waals surface area contributed by atoms with E-state index < -0.39 is 23.9 Å². The SMILES string of the molecule is CCN(CC)C(CNC(=O)C1CC(O)CN1)c1ccc(C(F)(F)F)cc1.Cl.Cl. The number of aliphatic hydroxyl groups is 1. The van der Waals surface area contributed by atoms with Gasteiger partial charge in [0.25, 0.3) is 0 Å². The molecule has 28 heavy (non-hydrogen) atoms. The Morgan fingerprint density at radius 2 is 1.82 bits per heavy atom. The third-order valence-electron chi connectivity index (χ3n) is 4.77. The van der Waals surface area contributed by atoms with Gasteiger partial charge < -0.3 is 15.7 Å². The molecule has 1 saturated heterocycles. The molecule has 0 radical (unpaired) electrons. The second kappa shape index (κ2) is 11.8. The van der Waals surface area contributed by atoms with E-state index in [1.165, 1.54) is 12.1 Å². The predicted octanol–water partition coefficient (Wildman–Crippen LogP) is 2.77. The lowest BCUT2D eigenvalue weighted by molar-refractivity contribution is -0.137. The van der Waals surface area contributed by atoms with E-state index in [1.807, 2.05) is 13.8 Å². The van der Waals surface area contributed by atoms with Crippen molar-refractivity contribution in [3.8, 4) is 0 Å². The van der Waals surface area contributed by atoms with Gasteiger partial charge in [-0.1, -0.05) is 26.0 Å². The van der Waals surface area contributed by atoms with Crippen LogP contribution in [0.3, 0.4) is 0 Å². The molecule has 0 saturated carbocycles. The molecule has 1 aromatic rings. The molecule has 0 bridgehead atoms. The van der Waals surface area contributed by atoms with Gasteiger partial charge in [0.2, 0.25) is 5.91 Å². The Kier molecular flexibility index (Phi) is 11.4. The molecule has 3 N–H and O–H groups in total. The van der Waals surface area contributed by atoms with Gasteiger partial charge in [-0.2, -0.15) is 13.2 Å². The van der Waals surface area contributed by atoms with Gasteiger partial charge in [-0.05, 0) is 37.2 Å². The number of likely N-dealkylation sites (N-methyl/N-ethyl adjacent to an activating group) is 1. The first kappa shape index (κ1) is 26.9. The highest BCUT2D eigenvalue weighted by Crippen LogP contribution is 2.30. The number of β-amino-alcohol motifs (C(OH)–C–C–N with tert-alkyl or cyclic N) is 1. The van der Waals surface area contributed by atoms with Gasteiger partial charge in [0.05, 0.1) is 23.8 Å². The number of rotatable bonds is 7. The number of nitrogens with zero attached hydrogens (tertiary/aromatic N) is 1. The van der Waals surface area contributed by atoms with Crippen LogP contribution in [0.25, 0.3) is 0 Å². The maximum absolute atomic E-state index is 12.8. The fraction of sp³-hybridized carbons (Fsp3) is 0.611. The normalized spacial score (nSPS) is 20.2. The number of carbonyl (C=O) groups excluding carboxylic acids is 1. The van der Waals surface area contributed by atoms with Crippen molar-refractivity contribution >= 4 is 30.7 Å². The standard InChI is InChI=1S/C18H26F3N3O2.2ClH/c1-3-24(4-2)16(11-23-17(26)15-9-14(25)10-22-15)12-5-7-13(8-6-12)18(19,20)21;;/h5-8,14-16,22,25H,3-4,9-11H2,1-2H3,(H,23,26);2*1H. The summed E-state index contributed by atoms with van der Waals surface area (Å²) in [5.74, 6) is -0.203. The van der Waals surface area contributed by atoms with E-state index in [9.17, 15) is 23.1 Å². The lowest BCUT2D eigenvalue weighted by Gasteiger charge is -2.31. The molecule has 1 fully saturated rings. The Balaban J connectivity index is 0.00000364. The minimum absolute atomic E-state index is 0. The smallest absolute Gasteiger partial charge is 0.392 e. The van der Waals surface area contributed by atoms with Gasteiger partial charge in [-0.15, -0.1) is 24.8 Å². The minimum atomic E-state index is -4.37. The van der Waals surface area contributed by atoms with Crippen molar-refractivity contribution < 1.29 is 23.1 Å². The first-order chi connectivity index (χ1) is 12.3. The number of hydrogen-bond acceptors (Lipinski definition) is 4. The Morgan fingerprint density at radius 3 is 2.25 bits per heavy atom. The Labute approximate surface area is 175 Å². The molecule has 1 aliphatic rings. The summed E-state index contributed by atoms with van der Waals surface area (Å²) in [4.78, 5) is 14.3. The highest BCUT2D eigenvalue weighted by molar-refractivity contribution is 5.85. The monoisotopic (exact) mass is 445 g/mol. The predicted molar refractivity (Wildman–Crippen MR) is 107 cm³/mol. The highest BCUT2D eigenvalue weighted by Gasteiger charge is 2.31. The van der Waals surface area contributed by atoms with Crippen molar-refractivity contribution in [2.45, 2.75) is 44.6 Å². The molecule has 1 aliphatic heterocycles. The third-order valence-corrected chi connectivity index (χ3v) is 4.77. The molecule has 162 valence electrons. The van der Waals surface area contributed by atoms with Crippen LogP contribution in [0.5, 0.6) is 0 Å². The van der Waals surface area contributed by atoms with E-state index in [0.717, 1.165) is 17.7 Å². The lowest BCUT2D eigenvalue weighted by Crippen LogP contribution is -2.44. The van der Waals surface area contributed by atoms with Crippen molar-refractivity contribution in [2.75, 3.05) is 26.2 Å². The van der Waals surface area contributed by atoms with Crippen LogP contribution in [0, 0.1) is 0 Å². The third kappa shape index (κ3) is 7.08. The number of amides is 1. The van der Waals surface area contributed by atoms with Crippen LogP contribution < -0.4 is 10.6 Å². The summed E-state index contributed by atoms with van der Waals surface area (Å²) in [6, 6.07) is 4.42. The van der Waals surface area contributed by atoms with Gasteiger partial charge in [-0.3, -0.25) is 9.69 Å². The summed E-state index contributed by atoms with van der Waals surface area (Å²) < 4.78 is 38.3. The van der Waals surface area contributed by atoms with E-state index in [2.05, 4.69) is 15.5 Å². The largest absolute Gasteiger partial charge is 0.416 e. The number of alkyl halides is 3. The second-order valence-corrected chi connectivity index (χ2v) is 6.45. The molecule has 1 aromatic carbocycles. The van der Waals surface area contributed by atoms with Gasteiger partial charge in [0.1, 0.15) is 0 Å². The van der Waals surface area contributed by atoms with E-state index in [4.69, 9.17) is 0 Å². The zero-order valence-electron chi connectivity index (χ0n) is 15.8. The summed E-state index contributed by atoms with van der Waals surface area (Å²) in [7, 11) is 0. The van der Waals surface area contributed by atoms with Crippen LogP contribution in [-0.2, 0) is 11.0 Å².